The molecule has 1 heterocycles. The van der Waals surface area contributed by atoms with Crippen molar-refractivity contribution >= 4 is 11.8 Å². The van der Waals surface area contributed by atoms with Crippen LogP contribution < -0.4 is 10.5 Å². The molecular weight excluding hydrogens is 170 g/mol. The molecule has 1 aromatic rings. The summed E-state index contributed by atoms with van der Waals surface area (Å²) in [6.07, 6.45) is 0. The molecular formula is C9H11NOS. The van der Waals surface area contributed by atoms with Crippen molar-refractivity contribution in [3.63, 3.8) is 0 Å². The number of para-hydroxylation sites is 1. The van der Waals surface area contributed by atoms with Gasteiger partial charge in [-0.15, -0.1) is 11.8 Å². The van der Waals surface area contributed by atoms with Crippen molar-refractivity contribution in [3.05, 3.63) is 24.3 Å². The summed E-state index contributed by atoms with van der Waals surface area (Å²) < 4.78 is 5.53. The molecule has 0 aromatic heterocycles. The summed E-state index contributed by atoms with van der Waals surface area (Å²) in [5.74, 6) is 0.993. The highest BCUT2D eigenvalue weighted by atomic mass is 32.2. The number of hydrogen-bond donors (Lipinski definition) is 1. The molecule has 0 spiro atoms. The average Bonchev–Trinajstić information content (AvgIpc) is 2.17. The molecule has 0 saturated carbocycles. The fourth-order valence-corrected chi connectivity index (χ4v) is 2.17. The van der Waals surface area contributed by atoms with Gasteiger partial charge in [0.05, 0.1) is 5.25 Å². The maximum absolute atomic E-state index is 5.56. The van der Waals surface area contributed by atoms with Crippen LogP contribution in [0.15, 0.2) is 29.2 Å². The number of rotatable bonds is 1. The highest BCUT2D eigenvalue weighted by Gasteiger charge is 2.18. The summed E-state index contributed by atoms with van der Waals surface area (Å²) >= 11 is 1.81. The maximum Gasteiger partial charge on any atom is 0.132 e. The Morgan fingerprint density at radius 3 is 3.17 bits per heavy atom. The Kier molecular flexibility index (Phi) is 2.23. The molecule has 2 N–H and O–H groups in total. The highest BCUT2D eigenvalue weighted by molar-refractivity contribution is 8.00. The quantitative estimate of drug-likeness (QED) is 0.713. The van der Waals surface area contributed by atoms with Crippen molar-refractivity contribution in [2.45, 2.75) is 10.1 Å². The molecule has 1 aromatic carbocycles. The van der Waals surface area contributed by atoms with E-state index in [-0.39, 0.29) is 0 Å². The number of fused-ring (bicyclic) bond motifs is 1. The second-order valence-corrected chi connectivity index (χ2v) is 4.08. The van der Waals surface area contributed by atoms with E-state index >= 15 is 0 Å². The van der Waals surface area contributed by atoms with Crippen molar-refractivity contribution < 1.29 is 4.74 Å². The van der Waals surface area contributed by atoms with Gasteiger partial charge < -0.3 is 10.5 Å². The van der Waals surface area contributed by atoms with E-state index in [0.29, 0.717) is 11.8 Å². The smallest absolute Gasteiger partial charge is 0.132 e. The van der Waals surface area contributed by atoms with E-state index in [2.05, 4.69) is 6.07 Å². The van der Waals surface area contributed by atoms with Crippen LogP contribution in [0.25, 0.3) is 0 Å². The van der Waals surface area contributed by atoms with Crippen molar-refractivity contribution in [3.8, 4) is 5.75 Å². The van der Waals surface area contributed by atoms with Crippen LogP contribution >= 0.6 is 11.8 Å². The van der Waals surface area contributed by atoms with Gasteiger partial charge in [-0.2, -0.15) is 0 Å². The largest absolute Gasteiger partial charge is 0.491 e. The van der Waals surface area contributed by atoms with Gasteiger partial charge in [0.1, 0.15) is 12.4 Å². The minimum Gasteiger partial charge on any atom is -0.491 e. The second kappa shape index (κ2) is 3.37. The van der Waals surface area contributed by atoms with Gasteiger partial charge in [0.15, 0.2) is 0 Å². The summed E-state index contributed by atoms with van der Waals surface area (Å²) in [6.45, 7) is 1.41. The Morgan fingerprint density at radius 1 is 1.50 bits per heavy atom. The Labute approximate surface area is 76.1 Å². The van der Waals surface area contributed by atoms with Crippen LogP contribution in [0, 0.1) is 0 Å². The lowest BCUT2D eigenvalue weighted by Crippen LogP contribution is -2.26. The normalized spacial score (nSPS) is 21.2. The molecule has 0 saturated heterocycles. The van der Waals surface area contributed by atoms with Crippen LogP contribution in [0.2, 0.25) is 0 Å². The third-order valence-corrected chi connectivity index (χ3v) is 3.08. The SMILES string of the molecule is NCC1COc2ccccc2S1. The molecule has 1 unspecified atom stereocenters. The number of hydrogen-bond acceptors (Lipinski definition) is 3. The van der Waals surface area contributed by atoms with Crippen molar-refractivity contribution in [1.29, 1.82) is 0 Å². The van der Waals surface area contributed by atoms with Gasteiger partial charge >= 0.3 is 0 Å². The predicted octanol–water partition coefficient (Wildman–Crippen LogP) is 1.50. The van der Waals surface area contributed by atoms with Gasteiger partial charge in [0.25, 0.3) is 0 Å². The molecule has 1 atom stereocenters. The van der Waals surface area contributed by atoms with Gasteiger partial charge in [-0.1, -0.05) is 12.1 Å². The number of ether oxygens (including phenoxy) is 1. The summed E-state index contributed by atoms with van der Waals surface area (Å²) in [7, 11) is 0. The van der Waals surface area contributed by atoms with E-state index < -0.39 is 0 Å². The molecule has 64 valence electrons. The maximum atomic E-state index is 5.56. The fraction of sp³-hybridized carbons (Fsp3) is 0.333. The molecule has 0 amide bonds. The van der Waals surface area contributed by atoms with E-state index in [1.807, 2.05) is 18.2 Å². The standard InChI is InChI=1S/C9H11NOS/c10-5-7-6-11-8-3-1-2-4-9(8)12-7/h1-4,7H,5-6,10H2. The number of benzene rings is 1. The molecule has 2 rings (SSSR count). The van der Waals surface area contributed by atoms with E-state index in [1.54, 1.807) is 11.8 Å². The van der Waals surface area contributed by atoms with E-state index in [9.17, 15) is 0 Å². The zero-order valence-corrected chi connectivity index (χ0v) is 7.51. The Morgan fingerprint density at radius 2 is 2.33 bits per heavy atom. The minimum absolute atomic E-state index is 0.417. The minimum atomic E-state index is 0.417. The summed E-state index contributed by atoms with van der Waals surface area (Å²) in [5.41, 5.74) is 5.56. The zero-order chi connectivity index (χ0) is 8.39. The first kappa shape index (κ1) is 7.95. The monoisotopic (exact) mass is 181 g/mol. The van der Waals surface area contributed by atoms with Crippen LogP contribution in [-0.2, 0) is 0 Å². The average molecular weight is 181 g/mol. The first-order valence-corrected chi connectivity index (χ1v) is 4.86. The third-order valence-electron chi connectivity index (χ3n) is 1.83. The summed E-state index contributed by atoms with van der Waals surface area (Å²) in [6, 6.07) is 8.08. The fourth-order valence-electron chi connectivity index (χ4n) is 1.18. The van der Waals surface area contributed by atoms with Gasteiger partial charge in [-0.25, -0.2) is 0 Å². The second-order valence-electron chi connectivity index (χ2n) is 2.73. The molecule has 1 aliphatic heterocycles. The molecule has 0 radical (unpaired) electrons. The predicted molar refractivity (Wildman–Crippen MR) is 50.6 cm³/mol. The molecule has 3 heteroatoms. The van der Waals surface area contributed by atoms with Crippen LogP contribution in [0.1, 0.15) is 0 Å². The first-order valence-electron chi connectivity index (χ1n) is 3.98. The topological polar surface area (TPSA) is 35.2 Å². The molecule has 1 aliphatic rings. The van der Waals surface area contributed by atoms with Crippen molar-refractivity contribution in [1.82, 2.24) is 0 Å². The van der Waals surface area contributed by atoms with Crippen LogP contribution in [-0.4, -0.2) is 18.4 Å². The van der Waals surface area contributed by atoms with Gasteiger partial charge in [0.2, 0.25) is 0 Å². The zero-order valence-electron chi connectivity index (χ0n) is 6.69. The Bertz CT molecular complexity index is 277. The first-order chi connectivity index (χ1) is 5.90. The lowest BCUT2D eigenvalue weighted by atomic mass is 10.3. The lowest BCUT2D eigenvalue weighted by molar-refractivity contribution is 0.304. The Balaban J connectivity index is 2.23. The molecule has 0 bridgehead atoms. The van der Waals surface area contributed by atoms with Gasteiger partial charge in [-0.05, 0) is 12.1 Å². The highest BCUT2D eigenvalue weighted by Crippen LogP contribution is 2.35. The van der Waals surface area contributed by atoms with E-state index in [0.717, 1.165) is 12.4 Å². The molecule has 0 aliphatic carbocycles. The van der Waals surface area contributed by atoms with Crippen LogP contribution in [0.4, 0.5) is 0 Å². The van der Waals surface area contributed by atoms with E-state index in [1.165, 1.54) is 4.90 Å². The number of thioether (sulfide) groups is 1. The summed E-state index contributed by atoms with van der Waals surface area (Å²) in [4.78, 5) is 1.21. The van der Waals surface area contributed by atoms with Gasteiger partial charge in [0, 0.05) is 11.4 Å². The van der Waals surface area contributed by atoms with E-state index in [4.69, 9.17) is 10.5 Å². The third kappa shape index (κ3) is 1.42. The molecule has 12 heavy (non-hydrogen) atoms. The van der Waals surface area contributed by atoms with Crippen molar-refractivity contribution in [2.24, 2.45) is 5.73 Å². The lowest BCUT2D eigenvalue weighted by Gasteiger charge is -2.23. The van der Waals surface area contributed by atoms with Crippen LogP contribution in [0.3, 0.4) is 0 Å². The molecule has 2 nitrogen and oxygen atoms in total. The Hall–Kier alpha value is -0.670. The van der Waals surface area contributed by atoms with Gasteiger partial charge in [-0.3, -0.25) is 0 Å². The van der Waals surface area contributed by atoms with Crippen LogP contribution in [0.5, 0.6) is 5.75 Å². The molecule has 0 fully saturated rings. The summed E-state index contributed by atoms with van der Waals surface area (Å²) in [5, 5.41) is 0.417. The van der Waals surface area contributed by atoms with Crippen molar-refractivity contribution in [2.75, 3.05) is 13.2 Å². The number of nitrogens with two attached hydrogens (primary N) is 1.